The monoisotopic (exact) mass is 408 g/mol. The van der Waals surface area contributed by atoms with E-state index in [4.69, 9.17) is 16.6 Å². The zero-order chi connectivity index (χ0) is 19.9. The van der Waals surface area contributed by atoms with E-state index in [9.17, 15) is 9.70 Å². The average molecular weight is 409 g/mol. The fraction of sp³-hybridized carbons (Fsp3) is 0.0476. The van der Waals surface area contributed by atoms with Crippen molar-refractivity contribution >= 4 is 48.0 Å². The first-order chi connectivity index (χ1) is 13.6. The molecule has 7 heteroatoms. The highest BCUT2D eigenvalue weighted by molar-refractivity contribution is 7.85. The molecule has 0 fully saturated rings. The molecule has 0 saturated carbocycles. The Labute approximate surface area is 173 Å². The van der Waals surface area contributed by atoms with Crippen molar-refractivity contribution in [3.05, 3.63) is 87.9 Å². The number of furan rings is 1. The predicted octanol–water partition coefficient (Wildman–Crippen LogP) is 5.60. The topological polar surface area (TPSA) is 62.9 Å². The van der Waals surface area contributed by atoms with Gasteiger partial charge in [0.25, 0.3) is 5.91 Å². The third-order valence-electron chi connectivity index (χ3n) is 3.98. The standard InChI is InChI=1S/C21H16N2O3S2/c24-21(23(14-27)13-15-6-2-1-3-7-15)20(28)12-16-10-11-19(26-16)17-8-4-5-9-18(17)22-25/h1-12,14,28H,13H2/b20-12+. The normalized spacial score (nSPS) is 11.1. The number of hydrogen-bond acceptors (Lipinski definition) is 6. The summed E-state index contributed by atoms with van der Waals surface area (Å²) >= 11 is 9.29. The van der Waals surface area contributed by atoms with Gasteiger partial charge in [-0.2, -0.15) is 0 Å². The summed E-state index contributed by atoms with van der Waals surface area (Å²) in [5.74, 6) is 0.569. The van der Waals surface area contributed by atoms with Crippen LogP contribution < -0.4 is 0 Å². The lowest BCUT2D eigenvalue weighted by atomic mass is 10.1. The quantitative estimate of drug-likeness (QED) is 0.239. The second-order valence-electron chi connectivity index (χ2n) is 5.86. The zero-order valence-corrected chi connectivity index (χ0v) is 16.4. The Morgan fingerprint density at radius 3 is 2.50 bits per heavy atom. The van der Waals surface area contributed by atoms with Gasteiger partial charge in [-0.15, -0.1) is 17.5 Å². The Balaban J connectivity index is 1.79. The van der Waals surface area contributed by atoms with Crippen LogP contribution in [0.25, 0.3) is 17.4 Å². The van der Waals surface area contributed by atoms with Crippen molar-refractivity contribution in [1.82, 2.24) is 4.90 Å². The molecule has 0 aliphatic heterocycles. The predicted molar refractivity (Wildman–Crippen MR) is 117 cm³/mol. The van der Waals surface area contributed by atoms with Gasteiger partial charge in [0.05, 0.1) is 16.9 Å². The van der Waals surface area contributed by atoms with E-state index in [0.717, 1.165) is 5.56 Å². The number of amides is 1. The fourth-order valence-electron chi connectivity index (χ4n) is 2.62. The van der Waals surface area contributed by atoms with Gasteiger partial charge >= 0.3 is 0 Å². The number of hydrogen-bond donors (Lipinski definition) is 1. The Kier molecular flexibility index (Phi) is 6.52. The Hall–Kier alpha value is -3.03. The number of carbonyl (C=O) groups is 1. The third-order valence-corrected chi connectivity index (χ3v) is 4.55. The van der Waals surface area contributed by atoms with Crippen LogP contribution in [-0.4, -0.2) is 16.3 Å². The van der Waals surface area contributed by atoms with Crippen LogP contribution in [0, 0.1) is 4.91 Å². The molecule has 0 N–H and O–H groups in total. The highest BCUT2D eigenvalue weighted by atomic mass is 32.1. The van der Waals surface area contributed by atoms with Gasteiger partial charge in [0.1, 0.15) is 17.2 Å². The zero-order valence-electron chi connectivity index (χ0n) is 14.7. The van der Waals surface area contributed by atoms with Gasteiger partial charge in [0.2, 0.25) is 0 Å². The lowest BCUT2D eigenvalue weighted by molar-refractivity contribution is -0.122. The molecule has 0 aliphatic carbocycles. The van der Waals surface area contributed by atoms with E-state index >= 15 is 0 Å². The maximum atomic E-state index is 12.6. The smallest absolute Gasteiger partial charge is 0.265 e. The number of rotatable bonds is 7. The van der Waals surface area contributed by atoms with Gasteiger partial charge in [0, 0.05) is 5.56 Å². The molecule has 28 heavy (non-hydrogen) atoms. The minimum atomic E-state index is -0.338. The second-order valence-corrected chi connectivity index (χ2v) is 6.56. The SMILES string of the molecule is O=Nc1ccccc1-c1ccc(/C=C(/S)C(=O)N(C=S)Cc2ccccc2)o1. The van der Waals surface area contributed by atoms with Crippen molar-refractivity contribution in [2.45, 2.75) is 6.54 Å². The van der Waals surface area contributed by atoms with E-state index in [-0.39, 0.29) is 16.5 Å². The van der Waals surface area contributed by atoms with Crippen molar-refractivity contribution in [2.24, 2.45) is 5.18 Å². The van der Waals surface area contributed by atoms with Crippen LogP contribution in [0.15, 0.2) is 81.2 Å². The molecule has 140 valence electrons. The molecule has 2 aromatic carbocycles. The Bertz CT molecular complexity index is 1030. The highest BCUT2D eigenvalue weighted by Crippen LogP contribution is 2.31. The highest BCUT2D eigenvalue weighted by Gasteiger charge is 2.16. The second kappa shape index (κ2) is 9.25. The average Bonchev–Trinajstić information content (AvgIpc) is 3.20. The van der Waals surface area contributed by atoms with Gasteiger partial charge in [-0.05, 0) is 41.1 Å². The lowest BCUT2D eigenvalue weighted by Crippen LogP contribution is -2.28. The van der Waals surface area contributed by atoms with E-state index in [2.05, 4.69) is 17.8 Å². The Morgan fingerprint density at radius 2 is 1.79 bits per heavy atom. The first-order valence-corrected chi connectivity index (χ1v) is 9.27. The molecule has 1 aromatic heterocycles. The summed E-state index contributed by atoms with van der Waals surface area (Å²) in [4.78, 5) is 25.2. The first-order valence-electron chi connectivity index (χ1n) is 8.36. The van der Waals surface area contributed by atoms with Crippen molar-refractivity contribution in [1.29, 1.82) is 0 Å². The molecule has 0 unspecified atom stereocenters. The van der Waals surface area contributed by atoms with E-state index < -0.39 is 0 Å². The maximum Gasteiger partial charge on any atom is 0.265 e. The number of thiol groups is 1. The van der Waals surface area contributed by atoms with E-state index in [1.54, 1.807) is 36.4 Å². The first kappa shape index (κ1) is 19.7. The van der Waals surface area contributed by atoms with Crippen molar-refractivity contribution in [3.8, 4) is 11.3 Å². The van der Waals surface area contributed by atoms with Gasteiger partial charge in [0.15, 0.2) is 0 Å². The molecule has 5 nitrogen and oxygen atoms in total. The van der Waals surface area contributed by atoms with Crippen LogP contribution in [0.3, 0.4) is 0 Å². The molecule has 0 saturated heterocycles. The lowest BCUT2D eigenvalue weighted by Gasteiger charge is -2.17. The van der Waals surface area contributed by atoms with E-state index in [0.29, 0.717) is 23.6 Å². The van der Waals surface area contributed by atoms with Crippen molar-refractivity contribution in [3.63, 3.8) is 0 Å². The molecule has 1 amide bonds. The Morgan fingerprint density at radius 1 is 1.07 bits per heavy atom. The van der Waals surface area contributed by atoms with Gasteiger partial charge in [-0.25, -0.2) is 0 Å². The van der Waals surface area contributed by atoms with E-state index in [1.165, 1.54) is 16.5 Å². The summed E-state index contributed by atoms with van der Waals surface area (Å²) in [6, 6.07) is 19.8. The van der Waals surface area contributed by atoms with Crippen LogP contribution in [-0.2, 0) is 11.3 Å². The molecular weight excluding hydrogens is 392 g/mol. The van der Waals surface area contributed by atoms with Crippen molar-refractivity contribution < 1.29 is 9.21 Å². The largest absolute Gasteiger partial charge is 0.457 e. The molecule has 1 heterocycles. The number of nitrogens with zero attached hydrogens (tertiary/aromatic N) is 2. The van der Waals surface area contributed by atoms with Gasteiger partial charge < -0.3 is 9.32 Å². The summed E-state index contributed by atoms with van der Waals surface area (Å²) < 4.78 is 5.73. The maximum absolute atomic E-state index is 12.6. The number of carbonyl (C=O) groups excluding carboxylic acids is 1. The summed E-state index contributed by atoms with van der Waals surface area (Å²) in [7, 11) is 0. The molecular formula is C21H16N2O3S2. The van der Waals surface area contributed by atoms with Crippen LogP contribution in [0.1, 0.15) is 11.3 Å². The molecule has 0 atom stereocenters. The molecule has 3 rings (SSSR count). The van der Waals surface area contributed by atoms with Crippen LogP contribution >= 0.6 is 24.8 Å². The summed E-state index contributed by atoms with van der Waals surface area (Å²) in [5, 5.41) is 3.00. The summed E-state index contributed by atoms with van der Waals surface area (Å²) in [5.41, 5.74) is 3.12. The molecule has 0 radical (unpaired) electrons. The minimum Gasteiger partial charge on any atom is -0.457 e. The number of nitroso groups, excluding NO2 is 1. The minimum absolute atomic E-state index is 0.180. The van der Waals surface area contributed by atoms with E-state index in [1.807, 2.05) is 30.3 Å². The third kappa shape index (κ3) is 4.62. The summed E-state index contributed by atoms with van der Waals surface area (Å²) in [6.07, 6.45) is 1.52. The van der Waals surface area contributed by atoms with Gasteiger partial charge in [-0.3, -0.25) is 4.79 Å². The molecule has 0 spiro atoms. The van der Waals surface area contributed by atoms with Crippen LogP contribution in [0.4, 0.5) is 5.69 Å². The van der Waals surface area contributed by atoms with Crippen molar-refractivity contribution in [2.75, 3.05) is 0 Å². The van der Waals surface area contributed by atoms with Crippen LogP contribution in [0.5, 0.6) is 0 Å². The number of thiocarbonyl (C=S) groups is 1. The van der Waals surface area contributed by atoms with Gasteiger partial charge in [-0.1, -0.05) is 54.7 Å². The molecule has 3 aromatic rings. The molecule has 0 aliphatic rings. The number of benzene rings is 2. The molecule has 0 bridgehead atoms. The summed E-state index contributed by atoms with van der Waals surface area (Å²) in [6.45, 7) is 0.350. The fourth-order valence-corrected chi connectivity index (χ4v) is 3.04. The van der Waals surface area contributed by atoms with Crippen LogP contribution in [0.2, 0.25) is 0 Å².